The third-order valence-corrected chi connectivity index (χ3v) is 6.98. The number of hydrogen-bond acceptors (Lipinski definition) is 3. The Kier molecular flexibility index (Phi) is 9.12. The average Bonchev–Trinajstić information content (AvgIpc) is 3.61. The topological polar surface area (TPSA) is 57.7 Å². The Morgan fingerprint density at radius 3 is 2.24 bits per heavy atom. The van der Waals surface area contributed by atoms with E-state index in [2.05, 4.69) is 52.1 Å². The number of guanidine groups is 1. The Balaban J connectivity index is 0.00000306. The maximum Gasteiger partial charge on any atom is 0.191 e. The van der Waals surface area contributed by atoms with Crippen LogP contribution in [0.15, 0.2) is 59.6 Å². The fourth-order valence-corrected chi connectivity index (χ4v) is 4.73. The first-order chi connectivity index (χ1) is 15.6. The van der Waals surface area contributed by atoms with Gasteiger partial charge in [-0.05, 0) is 49.8 Å². The maximum atomic E-state index is 14.3. The molecule has 0 spiro atoms. The Labute approximate surface area is 214 Å². The number of rotatable bonds is 8. The minimum absolute atomic E-state index is 0. The van der Waals surface area contributed by atoms with Gasteiger partial charge in [-0.1, -0.05) is 48.5 Å². The second kappa shape index (κ2) is 11.6. The van der Waals surface area contributed by atoms with Crippen molar-refractivity contribution in [1.29, 1.82) is 0 Å². The van der Waals surface area contributed by atoms with Crippen molar-refractivity contribution in [2.75, 3.05) is 33.4 Å². The molecule has 1 aliphatic heterocycles. The number of nitrogens with one attached hydrogen (secondary N) is 3. The van der Waals surface area contributed by atoms with E-state index in [0.717, 1.165) is 57.0 Å². The molecule has 5 nitrogen and oxygen atoms in total. The molecular formula is C26H36FIN4O. The van der Waals surface area contributed by atoms with E-state index in [4.69, 9.17) is 4.74 Å². The third-order valence-electron chi connectivity index (χ3n) is 6.98. The molecule has 2 aliphatic rings. The number of benzene rings is 2. The summed E-state index contributed by atoms with van der Waals surface area (Å²) in [7, 11) is 1.79. The van der Waals surface area contributed by atoms with E-state index in [1.807, 2.05) is 18.2 Å². The Morgan fingerprint density at radius 2 is 1.61 bits per heavy atom. The van der Waals surface area contributed by atoms with E-state index in [-0.39, 0.29) is 46.8 Å². The summed E-state index contributed by atoms with van der Waals surface area (Å²) in [4.78, 5) is 4.43. The van der Waals surface area contributed by atoms with Crippen LogP contribution in [0.2, 0.25) is 0 Å². The summed E-state index contributed by atoms with van der Waals surface area (Å²) in [5.41, 5.74) is 1.89. The zero-order chi connectivity index (χ0) is 22.4. The van der Waals surface area contributed by atoms with Crippen LogP contribution >= 0.6 is 24.0 Å². The van der Waals surface area contributed by atoms with Crippen LogP contribution in [-0.4, -0.2) is 44.8 Å². The molecule has 0 radical (unpaired) electrons. The van der Waals surface area contributed by atoms with Crippen LogP contribution in [0.4, 0.5) is 4.39 Å². The first-order valence-corrected chi connectivity index (χ1v) is 11.7. The van der Waals surface area contributed by atoms with E-state index < -0.39 is 0 Å². The molecule has 0 bridgehead atoms. The van der Waals surface area contributed by atoms with Gasteiger partial charge in [-0.3, -0.25) is 4.99 Å². The molecule has 1 saturated heterocycles. The van der Waals surface area contributed by atoms with Crippen LogP contribution < -0.4 is 16.0 Å². The van der Waals surface area contributed by atoms with Gasteiger partial charge in [0, 0.05) is 50.3 Å². The lowest BCUT2D eigenvalue weighted by Gasteiger charge is -2.41. The van der Waals surface area contributed by atoms with Gasteiger partial charge in [0.05, 0.1) is 0 Å². The molecule has 2 fully saturated rings. The largest absolute Gasteiger partial charge is 0.381 e. The van der Waals surface area contributed by atoms with E-state index >= 15 is 0 Å². The minimum Gasteiger partial charge on any atom is -0.381 e. The highest BCUT2D eigenvalue weighted by molar-refractivity contribution is 14.0. The van der Waals surface area contributed by atoms with Crippen LogP contribution in [0, 0.1) is 5.82 Å². The molecular weight excluding hydrogens is 530 g/mol. The number of halogens is 2. The van der Waals surface area contributed by atoms with Crippen molar-refractivity contribution in [2.45, 2.75) is 49.6 Å². The quantitative estimate of drug-likeness (QED) is 0.250. The Hall–Kier alpha value is -1.71. The van der Waals surface area contributed by atoms with Gasteiger partial charge < -0.3 is 20.7 Å². The molecule has 4 rings (SSSR count). The second-order valence-corrected chi connectivity index (χ2v) is 9.21. The highest BCUT2D eigenvalue weighted by atomic mass is 127. The summed E-state index contributed by atoms with van der Waals surface area (Å²) in [6.45, 7) is 5.14. The van der Waals surface area contributed by atoms with Gasteiger partial charge in [0.1, 0.15) is 5.82 Å². The van der Waals surface area contributed by atoms with Crippen molar-refractivity contribution in [3.05, 3.63) is 71.5 Å². The molecule has 1 unspecified atom stereocenters. The van der Waals surface area contributed by atoms with E-state index in [0.29, 0.717) is 6.54 Å². The molecule has 0 amide bonds. The fourth-order valence-electron chi connectivity index (χ4n) is 4.73. The van der Waals surface area contributed by atoms with Crippen LogP contribution in [0.1, 0.15) is 49.8 Å². The van der Waals surface area contributed by atoms with Crippen molar-refractivity contribution < 1.29 is 9.13 Å². The molecule has 1 atom stereocenters. The van der Waals surface area contributed by atoms with Crippen LogP contribution in [-0.2, 0) is 10.2 Å². The summed E-state index contributed by atoms with van der Waals surface area (Å²) in [5.74, 6) is 0.641. The summed E-state index contributed by atoms with van der Waals surface area (Å²) in [5, 5.41) is 10.9. The average molecular weight is 567 g/mol. The van der Waals surface area contributed by atoms with Gasteiger partial charge >= 0.3 is 0 Å². The van der Waals surface area contributed by atoms with Crippen LogP contribution in [0.5, 0.6) is 0 Å². The minimum atomic E-state index is -0.126. The Bertz CT molecular complexity index is 914. The van der Waals surface area contributed by atoms with Crippen LogP contribution in [0.25, 0.3) is 0 Å². The van der Waals surface area contributed by atoms with Gasteiger partial charge in [0.15, 0.2) is 5.96 Å². The Morgan fingerprint density at radius 1 is 0.970 bits per heavy atom. The molecule has 2 aromatic rings. The SMILES string of the molecule is CN=C(NCC1(NC(C)c2ccccc2)CCOCC1)NCC1(c2ccccc2F)CC1.I. The molecule has 1 heterocycles. The van der Waals surface area contributed by atoms with Crippen molar-refractivity contribution in [1.82, 2.24) is 16.0 Å². The first kappa shape index (κ1) is 25.9. The maximum absolute atomic E-state index is 14.3. The van der Waals surface area contributed by atoms with Gasteiger partial charge in [-0.15, -0.1) is 24.0 Å². The summed E-state index contributed by atoms with van der Waals surface area (Å²) >= 11 is 0. The van der Waals surface area contributed by atoms with Crippen molar-refractivity contribution in [3.63, 3.8) is 0 Å². The molecule has 1 aliphatic carbocycles. The van der Waals surface area contributed by atoms with Gasteiger partial charge in [-0.25, -0.2) is 4.39 Å². The van der Waals surface area contributed by atoms with Crippen LogP contribution in [0.3, 0.4) is 0 Å². The predicted molar refractivity (Wildman–Crippen MR) is 143 cm³/mol. The molecule has 180 valence electrons. The van der Waals surface area contributed by atoms with Crippen molar-refractivity contribution in [2.24, 2.45) is 4.99 Å². The van der Waals surface area contributed by atoms with Gasteiger partial charge in [0.25, 0.3) is 0 Å². The highest BCUT2D eigenvalue weighted by Gasteiger charge is 2.46. The summed E-state index contributed by atoms with van der Waals surface area (Å²) in [6, 6.07) is 17.9. The normalized spacial score (nSPS) is 19.8. The summed E-state index contributed by atoms with van der Waals surface area (Å²) in [6.07, 6.45) is 3.87. The zero-order valence-corrected chi connectivity index (χ0v) is 21.9. The van der Waals surface area contributed by atoms with Gasteiger partial charge in [-0.2, -0.15) is 0 Å². The molecule has 1 saturated carbocycles. The van der Waals surface area contributed by atoms with E-state index in [1.165, 1.54) is 5.56 Å². The van der Waals surface area contributed by atoms with E-state index in [1.54, 1.807) is 19.2 Å². The monoisotopic (exact) mass is 566 g/mol. The lowest BCUT2D eigenvalue weighted by atomic mass is 9.88. The summed E-state index contributed by atoms with van der Waals surface area (Å²) < 4.78 is 20.0. The third kappa shape index (κ3) is 6.45. The van der Waals surface area contributed by atoms with Crippen molar-refractivity contribution in [3.8, 4) is 0 Å². The molecule has 2 aromatic carbocycles. The number of aliphatic imine (C=N–C) groups is 1. The first-order valence-electron chi connectivity index (χ1n) is 11.7. The lowest BCUT2D eigenvalue weighted by Crippen LogP contribution is -2.58. The highest BCUT2D eigenvalue weighted by Crippen LogP contribution is 2.48. The molecule has 0 aromatic heterocycles. The molecule has 7 heteroatoms. The fraction of sp³-hybridized carbons (Fsp3) is 0.500. The standard InChI is InChI=1S/C26H35FN4O.HI/c1-20(21-8-4-3-5-9-21)31-26(14-16-32-17-15-26)19-30-24(28-2)29-18-25(12-13-25)22-10-6-7-11-23(22)27;/h3-11,20,31H,12-19H2,1-2H3,(H2,28,29,30);1H. The van der Waals surface area contributed by atoms with E-state index in [9.17, 15) is 4.39 Å². The van der Waals surface area contributed by atoms with Gasteiger partial charge in [0.2, 0.25) is 0 Å². The smallest absolute Gasteiger partial charge is 0.191 e. The lowest BCUT2D eigenvalue weighted by molar-refractivity contribution is 0.0355. The number of ether oxygens (including phenoxy) is 1. The zero-order valence-electron chi connectivity index (χ0n) is 19.6. The predicted octanol–water partition coefficient (Wildman–Crippen LogP) is 4.54. The number of hydrogen-bond donors (Lipinski definition) is 3. The molecule has 3 N–H and O–H groups in total. The van der Waals surface area contributed by atoms with Crippen molar-refractivity contribution >= 4 is 29.9 Å². The number of nitrogens with zero attached hydrogens (tertiary/aromatic N) is 1. The second-order valence-electron chi connectivity index (χ2n) is 9.21. The molecule has 33 heavy (non-hydrogen) atoms.